The predicted molar refractivity (Wildman–Crippen MR) is 123 cm³/mol. The van der Waals surface area contributed by atoms with Crippen LogP contribution in [-0.2, 0) is 11.2 Å². The number of pyridine rings is 1. The molecule has 3 rings (SSSR count). The maximum absolute atomic E-state index is 15.3. The number of fused-ring (bicyclic) bond motifs is 3. The normalized spacial score (nSPS) is 17.8. The molecule has 2 aromatic rings. The number of ether oxygens (including phenoxy) is 2. The molecule has 0 saturated carbocycles. The molecule has 1 atom stereocenters. The van der Waals surface area contributed by atoms with Crippen LogP contribution in [0.5, 0.6) is 5.75 Å². The number of carboxylic acid groups (broad SMARTS) is 1. The number of benzene rings is 1. The van der Waals surface area contributed by atoms with Crippen LogP contribution in [0.25, 0.3) is 11.3 Å². The fraction of sp³-hybridized carbons (Fsp3) is 0.455. The van der Waals surface area contributed by atoms with Gasteiger partial charge in [0, 0.05) is 37.9 Å². The Morgan fingerprint density at radius 3 is 2.65 bits per heavy atom. The number of halogens is 2. The summed E-state index contributed by atoms with van der Waals surface area (Å²) in [6, 6.07) is 1.70. The largest absolute Gasteiger partial charge is 0.492 e. The molecule has 31 heavy (non-hydrogen) atoms. The number of hydrogen-bond donors (Lipinski definition) is 1. The predicted octanol–water partition coefficient (Wildman–Crippen LogP) is 4.68. The Hall–Kier alpha value is -2.03. The first-order chi connectivity index (χ1) is 14.4. The van der Waals surface area contributed by atoms with Crippen molar-refractivity contribution in [2.75, 3.05) is 20.3 Å². The van der Waals surface area contributed by atoms with Gasteiger partial charge in [-0.1, -0.05) is 32.4 Å². The summed E-state index contributed by atoms with van der Waals surface area (Å²) in [4.78, 5) is 23.9. The lowest BCUT2D eigenvalue weighted by molar-refractivity contribution is 0.0692. The number of carbonyl (C=O) groups is 1. The topological polar surface area (TPSA) is 77.8 Å². The minimum absolute atomic E-state index is 0. The van der Waals surface area contributed by atoms with E-state index in [2.05, 4.69) is 0 Å². The third kappa shape index (κ3) is 4.91. The molecule has 0 aliphatic carbocycles. The second-order valence-corrected chi connectivity index (χ2v) is 8.62. The molecule has 0 unspecified atom stereocenters. The van der Waals surface area contributed by atoms with Gasteiger partial charge in [-0.2, -0.15) is 13.5 Å². The van der Waals surface area contributed by atoms with Crippen LogP contribution in [0.1, 0.15) is 50.5 Å². The van der Waals surface area contributed by atoms with Gasteiger partial charge in [-0.05, 0) is 29.5 Å². The molecular weight excluding hydrogens is 445 g/mol. The molecule has 9 heteroatoms. The fourth-order valence-electron chi connectivity index (χ4n) is 3.55. The minimum Gasteiger partial charge on any atom is -0.492 e. The highest BCUT2D eigenvalue weighted by molar-refractivity contribution is 7.59. The van der Waals surface area contributed by atoms with Gasteiger partial charge in [-0.3, -0.25) is 4.79 Å². The van der Waals surface area contributed by atoms with Crippen LogP contribution >= 0.6 is 25.1 Å². The van der Waals surface area contributed by atoms with Gasteiger partial charge in [-0.15, -0.1) is 0 Å². The van der Waals surface area contributed by atoms with E-state index in [0.717, 1.165) is 6.20 Å². The highest BCUT2D eigenvalue weighted by atomic mass is 35.5. The number of aromatic nitrogens is 1. The zero-order chi connectivity index (χ0) is 23.1. The summed E-state index contributed by atoms with van der Waals surface area (Å²) < 4.78 is 36.5. The van der Waals surface area contributed by atoms with Crippen LogP contribution in [0.4, 0.5) is 4.39 Å². The molecule has 0 radical (unpaired) electrons. The summed E-state index contributed by atoms with van der Waals surface area (Å²) in [5.74, 6) is -2.36. The van der Waals surface area contributed by atoms with Crippen molar-refractivity contribution < 1.29 is 25.1 Å². The highest BCUT2D eigenvalue weighted by Crippen LogP contribution is 2.45. The van der Waals surface area contributed by atoms with Crippen molar-refractivity contribution in [1.82, 2.24) is 4.57 Å². The van der Waals surface area contributed by atoms with Gasteiger partial charge in [-0.25, -0.2) is 9.18 Å². The van der Waals surface area contributed by atoms with Crippen molar-refractivity contribution in [1.29, 1.82) is 0 Å². The summed E-state index contributed by atoms with van der Waals surface area (Å²) in [6.07, 6.45) is 1.86. The van der Waals surface area contributed by atoms with Crippen LogP contribution in [-0.4, -0.2) is 36.0 Å². The van der Waals surface area contributed by atoms with Crippen molar-refractivity contribution in [3.05, 3.63) is 50.5 Å². The van der Waals surface area contributed by atoms with Gasteiger partial charge in [0.05, 0.1) is 18.7 Å². The Labute approximate surface area is 193 Å². The van der Waals surface area contributed by atoms with Gasteiger partial charge in [0.15, 0.2) is 5.82 Å². The van der Waals surface area contributed by atoms with Crippen molar-refractivity contribution in [3.63, 3.8) is 0 Å². The molecule has 0 amide bonds. The Morgan fingerprint density at radius 1 is 1.39 bits per heavy atom. The molecule has 1 aromatic carbocycles. The van der Waals surface area contributed by atoms with E-state index in [1.807, 2.05) is 20.8 Å². The quantitative estimate of drug-likeness (QED) is 0.618. The van der Waals surface area contributed by atoms with Gasteiger partial charge >= 0.3 is 5.97 Å². The molecule has 1 aromatic heterocycles. The second kappa shape index (κ2) is 9.63. The Balaban J connectivity index is 0.00000363. The lowest BCUT2D eigenvalue weighted by Crippen LogP contribution is -2.34. The smallest absolute Gasteiger partial charge is 0.341 e. The van der Waals surface area contributed by atoms with E-state index >= 15 is 4.39 Å². The van der Waals surface area contributed by atoms with Gasteiger partial charge < -0.3 is 19.1 Å². The average molecular weight is 473 g/mol. The third-order valence-electron chi connectivity index (χ3n) is 5.06. The van der Waals surface area contributed by atoms with Crippen molar-refractivity contribution in [2.24, 2.45) is 5.41 Å². The molecule has 0 spiro atoms. The maximum Gasteiger partial charge on any atom is 0.341 e. The number of rotatable bonds is 6. The monoisotopic (exact) mass is 472 g/mol. The van der Waals surface area contributed by atoms with E-state index in [1.54, 1.807) is 13.2 Å². The lowest BCUT2D eigenvalue weighted by atomic mass is 9.78. The van der Waals surface area contributed by atoms with Crippen LogP contribution in [0.3, 0.4) is 0 Å². The zero-order valence-corrected chi connectivity index (χ0v) is 19.6. The molecule has 1 aliphatic rings. The standard InChI is InChI=1S/C22H25ClFNO5.H2S/c1-22(2,3)17-9-12-8-16(30-7-5-6-29-4)15(23)10-13(12)19-18(24)20(26)14(21(27)28)11-25(17)19;/h8,10-11,17H,5-7,9H2,1-4H3,(H,27,28);1H2/t17-;/m0./s1/i17D;. The number of nitrogens with zero attached hydrogens (tertiary/aromatic N) is 1. The van der Waals surface area contributed by atoms with Crippen LogP contribution in [0, 0.1) is 11.2 Å². The third-order valence-corrected chi connectivity index (χ3v) is 5.35. The van der Waals surface area contributed by atoms with Gasteiger partial charge in [0.25, 0.3) is 0 Å². The zero-order valence-electron chi connectivity index (χ0n) is 18.8. The molecule has 170 valence electrons. The molecule has 2 heterocycles. The fourth-order valence-corrected chi connectivity index (χ4v) is 3.77. The maximum atomic E-state index is 15.3. The first-order valence-corrected chi connectivity index (χ1v) is 9.93. The van der Waals surface area contributed by atoms with Crippen LogP contribution in [0.15, 0.2) is 23.1 Å². The summed E-state index contributed by atoms with van der Waals surface area (Å²) in [7, 11) is 1.59. The molecule has 0 fully saturated rings. The first-order valence-electron chi connectivity index (χ1n) is 10.1. The van der Waals surface area contributed by atoms with E-state index in [0.29, 0.717) is 36.5 Å². The van der Waals surface area contributed by atoms with Gasteiger partial charge in [0.1, 0.15) is 11.3 Å². The summed E-state index contributed by atoms with van der Waals surface area (Å²) in [5.41, 5.74) is -1.87. The highest BCUT2D eigenvalue weighted by Gasteiger charge is 2.36. The number of methoxy groups -OCH3 is 1. The first kappa shape index (κ1) is 23.6. The van der Waals surface area contributed by atoms with E-state index in [9.17, 15) is 16.1 Å². The number of hydrogen-bond acceptors (Lipinski definition) is 4. The average Bonchev–Trinajstić information content (AvgIpc) is 2.67. The van der Waals surface area contributed by atoms with Gasteiger partial charge in [0.2, 0.25) is 5.43 Å². The molecule has 0 saturated heterocycles. The Bertz CT molecular complexity index is 1100. The van der Waals surface area contributed by atoms with Crippen LogP contribution < -0.4 is 10.2 Å². The summed E-state index contributed by atoms with van der Waals surface area (Å²) >= 11 is 6.37. The Kier molecular flexibility index (Phi) is 7.34. The SMILES string of the molecule is S.[2H][C@@]1(C(C)(C)C)Cc2cc(OCCCOC)c(Cl)cc2-c2c(F)c(=O)c(C(=O)O)cn21. The summed E-state index contributed by atoms with van der Waals surface area (Å²) in [6.45, 7) is 6.32. The molecular formula is C22H27ClFNO5S. The number of aromatic carboxylic acids is 1. The Morgan fingerprint density at radius 2 is 2.06 bits per heavy atom. The second-order valence-electron chi connectivity index (χ2n) is 8.22. The summed E-state index contributed by atoms with van der Waals surface area (Å²) in [5, 5.41) is 9.60. The molecule has 1 aliphatic heterocycles. The van der Waals surface area contributed by atoms with Crippen LogP contribution in [0.2, 0.25) is 5.02 Å². The van der Waals surface area contributed by atoms with Crippen molar-refractivity contribution in [2.45, 2.75) is 39.6 Å². The van der Waals surface area contributed by atoms with E-state index in [1.165, 1.54) is 10.6 Å². The number of carboxylic acids is 1. The van der Waals surface area contributed by atoms with E-state index < -0.39 is 34.2 Å². The molecule has 0 bridgehead atoms. The minimum atomic E-state index is -1.54. The van der Waals surface area contributed by atoms with Crippen molar-refractivity contribution in [3.8, 4) is 17.0 Å². The van der Waals surface area contributed by atoms with E-state index in [4.69, 9.17) is 21.1 Å². The molecule has 6 nitrogen and oxygen atoms in total. The lowest BCUT2D eigenvalue weighted by Gasteiger charge is -2.39. The van der Waals surface area contributed by atoms with E-state index in [-0.39, 0.29) is 30.6 Å². The van der Waals surface area contributed by atoms with Crippen molar-refractivity contribution >= 4 is 31.1 Å². The molecule has 1 N–H and O–H groups in total.